The van der Waals surface area contributed by atoms with E-state index in [0.717, 1.165) is 6.54 Å². The van der Waals surface area contributed by atoms with Crippen molar-refractivity contribution in [3.63, 3.8) is 0 Å². The van der Waals surface area contributed by atoms with E-state index in [-0.39, 0.29) is 17.4 Å². The minimum atomic E-state index is -0.776. The summed E-state index contributed by atoms with van der Waals surface area (Å²) >= 11 is 0. The summed E-state index contributed by atoms with van der Waals surface area (Å²) in [6.45, 7) is 7.52. The summed E-state index contributed by atoms with van der Waals surface area (Å²) in [7, 11) is 0. The van der Waals surface area contributed by atoms with Crippen LogP contribution >= 0.6 is 0 Å². The van der Waals surface area contributed by atoms with Gasteiger partial charge < -0.3 is 15.8 Å². The molecular weight excluding hydrogens is 252 g/mol. The standard InChI is InChI=1S/C16H30N2O2/c1-4-20-13-10-16(17,15(13,2)3)14(19)18-11-12-8-6-5-7-9-12/h12-13H,4-11,17H2,1-3H3,(H,18,19). The molecular formula is C16H30N2O2. The molecule has 0 spiro atoms. The Morgan fingerprint density at radius 1 is 1.30 bits per heavy atom. The Kier molecular flexibility index (Phi) is 4.75. The number of nitrogens with one attached hydrogen (secondary N) is 1. The second-order valence-corrected chi connectivity index (χ2v) is 7.06. The van der Waals surface area contributed by atoms with Crippen LogP contribution in [0.2, 0.25) is 0 Å². The van der Waals surface area contributed by atoms with Gasteiger partial charge in [-0.05, 0) is 25.7 Å². The second-order valence-electron chi connectivity index (χ2n) is 7.06. The SMILES string of the molecule is CCOC1CC(N)(C(=O)NCC2CCCCC2)C1(C)C. The van der Waals surface area contributed by atoms with Gasteiger partial charge in [0.2, 0.25) is 5.91 Å². The Labute approximate surface area is 122 Å². The lowest BCUT2D eigenvalue weighted by molar-refractivity contribution is -0.170. The zero-order valence-corrected chi connectivity index (χ0v) is 13.2. The van der Waals surface area contributed by atoms with Crippen molar-refractivity contribution >= 4 is 5.91 Å². The zero-order chi connectivity index (χ0) is 14.8. The predicted octanol–water partition coefficient (Wildman–Crippen LogP) is 2.22. The molecule has 2 unspecified atom stereocenters. The molecule has 2 aliphatic rings. The molecule has 0 saturated heterocycles. The lowest BCUT2D eigenvalue weighted by Gasteiger charge is -2.57. The number of amides is 1. The summed E-state index contributed by atoms with van der Waals surface area (Å²) in [5.41, 5.74) is 5.30. The van der Waals surface area contributed by atoms with Crippen LogP contribution in [0.1, 0.15) is 59.3 Å². The lowest BCUT2D eigenvalue weighted by atomic mass is 9.54. The molecule has 0 aromatic rings. The quantitative estimate of drug-likeness (QED) is 0.812. The highest BCUT2D eigenvalue weighted by molar-refractivity contribution is 5.88. The van der Waals surface area contributed by atoms with Gasteiger partial charge in [0.25, 0.3) is 0 Å². The molecule has 2 atom stereocenters. The maximum atomic E-state index is 12.5. The molecule has 2 rings (SSSR count). The van der Waals surface area contributed by atoms with E-state index >= 15 is 0 Å². The van der Waals surface area contributed by atoms with E-state index in [9.17, 15) is 4.79 Å². The molecule has 20 heavy (non-hydrogen) atoms. The molecule has 0 aliphatic heterocycles. The smallest absolute Gasteiger partial charge is 0.240 e. The molecule has 0 bridgehead atoms. The van der Waals surface area contributed by atoms with Gasteiger partial charge in [0.1, 0.15) is 5.54 Å². The highest BCUT2D eigenvalue weighted by atomic mass is 16.5. The van der Waals surface area contributed by atoms with Crippen molar-refractivity contribution in [3.8, 4) is 0 Å². The van der Waals surface area contributed by atoms with Crippen molar-refractivity contribution in [1.29, 1.82) is 0 Å². The van der Waals surface area contributed by atoms with E-state index in [2.05, 4.69) is 5.32 Å². The molecule has 2 fully saturated rings. The summed E-state index contributed by atoms with van der Waals surface area (Å²) in [5.74, 6) is 0.645. The first kappa shape index (κ1) is 15.8. The van der Waals surface area contributed by atoms with Crippen molar-refractivity contribution in [2.75, 3.05) is 13.2 Å². The fourth-order valence-corrected chi connectivity index (χ4v) is 3.61. The molecule has 2 saturated carbocycles. The minimum absolute atomic E-state index is 0.00373. The largest absolute Gasteiger partial charge is 0.378 e. The summed E-state index contributed by atoms with van der Waals surface area (Å²) in [5, 5.41) is 3.09. The molecule has 2 aliphatic carbocycles. The monoisotopic (exact) mass is 282 g/mol. The van der Waals surface area contributed by atoms with Crippen LogP contribution in [0.25, 0.3) is 0 Å². The van der Waals surface area contributed by atoms with Crippen LogP contribution in [0.5, 0.6) is 0 Å². The van der Waals surface area contributed by atoms with Crippen molar-refractivity contribution in [2.45, 2.75) is 70.9 Å². The Morgan fingerprint density at radius 2 is 1.95 bits per heavy atom. The highest BCUT2D eigenvalue weighted by Gasteiger charge is 2.62. The Morgan fingerprint density at radius 3 is 2.50 bits per heavy atom. The third-order valence-corrected chi connectivity index (χ3v) is 5.51. The Bertz CT molecular complexity index is 350. The first-order chi connectivity index (χ1) is 9.41. The van der Waals surface area contributed by atoms with Gasteiger partial charge in [-0.3, -0.25) is 4.79 Å². The molecule has 0 aromatic heterocycles. The molecule has 3 N–H and O–H groups in total. The average Bonchev–Trinajstić information content (AvgIpc) is 2.45. The fourth-order valence-electron chi connectivity index (χ4n) is 3.61. The zero-order valence-electron chi connectivity index (χ0n) is 13.2. The first-order valence-electron chi connectivity index (χ1n) is 8.10. The lowest BCUT2D eigenvalue weighted by Crippen LogP contribution is -2.75. The second kappa shape index (κ2) is 6.02. The van der Waals surface area contributed by atoms with E-state index < -0.39 is 5.54 Å². The van der Waals surface area contributed by atoms with Crippen LogP contribution in [0, 0.1) is 11.3 Å². The van der Waals surface area contributed by atoms with Crippen LogP contribution in [0.15, 0.2) is 0 Å². The fraction of sp³-hybridized carbons (Fsp3) is 0.938. The van der Waals surface area contributed by atoms with Gasteiger partial charge in [0, 0.05) is 25.0 Å². The van der Waals surface area contributed by atoms with Crippen LogP contribution in [-0.4, -0.2) is 30.7 Å². The minimum Gasteiger partial charge on any atom is -0.378 e. The van der Waals surface area contributed by atoms with Crippen molar-refractivity contribution in [2.24, 2.45) is 17.1 Å². The van der Waals surface area contributed by atoms with Crippen LogP contribution in [0.3, 0.4) is 0 Å². The van der Waals surface area contributed by atoms with Gasteiger partial charge in [-0.2, -0.15) is 0 Å². The van der Waals surface area contributed by atoms with Gasteiger partial charge in [-0.1, -0.05) is 33.1 Å². The molecule has 0 radical (unpaired) electrons. The highest BCUT2D eigenvalue weighted by Crippen LogP contribution is 2.49. The topological polar surface area (TPSA) is 64.3 Å². The van der Waals surface area contributed by atoms with E-state index in [4.69, 9.17) is 10.5 Å². The number of carbonyl (C=O) groups excluding carboxylic acids is 1. The number of hydrogen-bond acceptors (Lipinski definition) is 3. The summed E-state index contributed by atoms with van der Waals surface area (Å²) in [6, 6.07) is 0. The van der Waals surface area contributed by atoms with E-state index in [0.29, 0.717) is 18.9 Å². The summed E-state index contributed by atoms with van der Waals surface area (Å²) in [6.07, 6.45) is 7.14. The molecule has 4 nitrogen and oxygen atoms in total. The number of ether oxygens (including phenoxy) is 1. The van der Waals surface area contributed by atoms with Gasteiger partial charge in [0.05, 0.1) is 6.10 Å². The van der Waals surface area contributed by atoms with Gasteiger partial charge >= 0.3 is 0 Å². The number of carbonyl (C=O) groups is 1. The van der Waals surface area contributed by atoms with Crippen LogP contribution in [-0.2, 0) is 9.53 Å². The molecule has 1 amide bonds. The van der Waals surface area contributed by atoms with Gasteiger partial charge in [-0.25, -0.2) is 0 Å². The normalized spacial score (nSPS) is 33.5. The third-order valence-electron chi connectivity index (χ3n) is 5.51. The van der Waals surface area contributed by atoms with E-state index in [1.165, 1.54) is 32.1 Å². The van der Waals surface area contributed by atoms with E-state index in [1.807, 2.05) is 20.8 Å². The third kappa shape index (κ3) is 2.73. The predicted molar refractivity (Wildman–Crippen MR) is 80.3 cm³/mol. The summed E-state index contributed by atoms with van der Waals surface area (Å²) in [4.78, 5) is 12.5. The van der Waals surface area contributed by atoms with Crippen LogP contribution in [0.4, 0.5) is 0 Å². The molecule has 4 heteroatoms. The average molecular weight is 282 g/mol. The van der Waals surface area contributed by atoms with Gasteiger partial charge in [0.15, 0.2) is 0 Å². The van der Waals surface area contributed by atoms with Crippen molar-refractivity contribution in [1.82, 2.24) is 5.32 Å². The van der Waals surface area contributed by atoms with Crippen molar-refractivity contribution < 1.29 is 9.53 Å². The summed E-state index contributed by atoms with van der Waals surface area (Å²) < 4.78 is 5.67. The van der Waals surface area contributed by atoms with Crippen molar-refractivity contribution in [3.05, 3.63) is 0 Å². The maximum Gasteiger partial charge on any atom is 0.240 e. The van der Waals surface area contributed by atoms with E-state index in [1.54, 1.807) is 0 Å². The van der Waals surface area contributed by atoms with Gasteiger partial charge in [-0.15, -0.1) is 0 Å². The number of nitrogens with two attached hydrogens (primary N) is 1. The Balaban J connectivity index is 1.85. The maximum absolute atomic E-state index is 12.5. The molecule has 116 valence electrons. The molecule has 0 heterocycles. The van der Waals surface area contributed by atoms with Crippen LogP contribution < -0.4 is 11.1 Å². The number of hydrogen-bond donors (Lipinski definition) is 2. The first-order valence-corrected chi connectivity index (χ1v) is 8.10. The number of rotatable bonds is 5. The Hall–Kier alpha value is -0.610. The molecule has 0 aromatic carbocycles.